The average molecular weight is 428 g/mol. The van der Waals surface area contributed by atoms with E-state index in [0.717, 1.165) is 41.2 Å². The third kappa shape index (κ3) is 4.78. The topological polar surface area (TPSA) is 72.5 Å². The van der Waals surface area contributed by atoms with E-state index < -0.39 is 0 Å². The van der Waals surface area contributed by atoms with Gasteiger partial charge in [0.2, 0.25) is 0 Å². The molecule has 31 heavy (non-hydrogen) atoms. The third-order valence-corrected chi connectivity index (χ3v) is 5.82. The minimum absolute atomic E-state index is 0.127. The highest BCUT2D eigenvalue weighted by Gasteiger charge is 2.46. The van der Waals surface area contributed by atoms with Crippen molar-refractivity contribution in [3.05, 3.63) is 53.6 Å². The van der Waals surface area contributed by atoms with Crippen molar-refractivity contribution in [1.82, 2.24) is 0 Å². The van der Waals surface area contributed by atoms with Gasteiger partial charge in [-0.05, 0) is 54.7 Å². The summed E-state index contributed by atoms with van der Waals surface area (Å²) in [5.41, 5.74) is 2.15. The molecular weight excluding hydrogens is 400 g/mol. The van der Waals surface area contributed by atoms with Gasteiger partial charge in [0.1, 0.15) is 29.5 Å². The molecule has 7 nitrogen and oxygen atoms in total. The molecule has 1 heterocycles. The molecule has 0 bridgehead atoms. The minimum Gasteiger partial charge on any atom is -0.485 e. The maximum Gasteiger partial charge on any atom is 0.302 e. The van der Waals surface area contributed by atoms with Crippen molar-refractivity contribution in [3.63, 3.8) is 0 Å². The van der Waals surface area contributed by atoms with Gasteiger partial charge >= 0.3 is 5.97 Å². The first-order valence-corrected chi connectivity index (χ1v) is 10.4. The second kappa shape index (κ2) is 9.58. The molecule has 0 radical (unpaired) electrons. The van der Waals surface area contributed by atoms with E-state index in [2.05, 4.69) is 0 Å². The summed E-state index contributed by atoms with van der Waals surface area (Å²) in [5, 5.41) is 0. The van der Waals surface area contributed by atoms with Gasteiger partial charge in [-0.25, -0.2) is 0 Å². The molecule has 4 rings (SSSR count). The van der Waals surface area contributed by atoms with Crippen molar-refractivity contribution < 1.29 is 33.2 Å². The molecule has 1 saturated carbocycles. The summed E-state index contributed by atoms with van der Waals surface area (Å²) in [6, 6.07) is 13.7. The fourth-order valence-corrected chi connectivity index (χ4v) is 4.61. The first kappa shape index (κ1) is 21.5. The number of ether oxygens (including phenoxy) is 6. The highest BCUT2D eigenvalue weighted by Crippen LogP contribution is 2.55. The normalized spacial score (nSPS) is 24.0. The van der Waals surface area contributed by atoms with Crippen LogP contribution in [0.15, 0.2) is 42.5 Å². The van der Waals surface area contributed by atoms with E-state index in [1.54, 1.807) is 14.2 Å². The molecule has 2 aromatic carbocycles. The van der Waals surface area contributed by atoms with Gasteiger partial charge in [0.15, 0.2) is 13.6 Å². The predicted octanol–water partition coefficient (Wildman–Crippen LogP) is 4.21. The summed E-state index contributed by atoms with van der Waals surface area (Å²) >= 11 is 0. The maximum atomic E-state index is 11.6. The van der Waals surface area contributed by atoms with Crippen molar-refractivity contribution in [2.75, 3.05) is 27.8 Å². The molecule has 2 aliphatic rings. The van der Waals surface area contributed by atoms with Crippen LogP contribution in [0.3, 0.4) is 0 Å². The Morgan fingerprint density at radius 3 is 2.32 bits per heavy atom. The van der Waals surface area contributed by atoms with E-state index in [-0.39, 0.29) is 43.6 Å². The van der Waals surface area contributed by atoms with Crippen LogP contribution in [0.1, 0.15) is 42.9 Å². The van der Waals surface area contributed by atoms with E-state index in [9.17, 15) is 4.79 Å². The molecule has 0 N–H and O–H groups in total. The number of hydrogen-bond acceptors (Lipinski definition) is 7. The van der Waals surface area contributed by atoms with Crippen LogP contribution >= 0.6 is 0 Å². The second-order valence-electron chi connectivity index (χ2n) is 7.88. The largest absolute Gasteiger partial charge is 0.485 e. The fourth-order valence-electron chi connectivity index (χ4n) is 4.61. The number of carbonyl (C=O) groups is 1. The first-order chi connectivity index (χ1) is 15.1. The number of methoxy groups -OCH3 is 2. The van der Waals surface area contributed by atoms with Crippen LogP contribution in [0, 0.1) is 5.92 Å². The van der Waals surface area contributed by atoms with Crippen molar-refractivity contribution >= 4 is 5.97 Å². The zero-order valence-electron chi connectivity index (χ0n) is 18.0. The lowest BCUT2D eigenvalue weighted by Crippen LogP contribution is -2.27. The van der Waals surface area contributed by atoms with Gasteiger partial charge in [-0.2, -0.15) is 0 Å². The molecule has 1 aliphatic carbocycles. The predicted molar refractivity (Wildman–Crippen MR) is 112 cm³/mol. The van der Waals surface area contributed by atoms with E-state index in [1.807, 2.05) is 42.5 Å². The van der Waals surface area contributed by atoms with E-state index in [4.69, 9.17) is 28.4 Å². The van der Waals surface area contributed by atoms with Crippen LogP contribution in [0.2, 0.25) is 0 Å². The van der Waals surface area contributed by atoms with Crippen LogP contribution in [0.5, 0.6) is 17.2 Å². The average Bonchev–Trinajstić information content (AvgIpc) is 3.19. The van der Waals surface area contributed by atoms with Crippen LogP contribution in [-0.2, 0) is 19.0 Å². The van der Waals surface area contributed by atoms with Crippen LogP contribution in [-0.4, -0.2) is 39.9 Å². The summed E-state index contributed by atoms with van der Waals surface area (Å²) in [6.45, 7) is 1.85. The molecule has 1 fully saturated rings. The second-order valence-corrected chi connectivity index (χ2v) is 7.88. The Balaban J connectivity index is 1.62. The van der Waals surface area contributed by atoms with Gasteiger partial charge < -0.3 is 28.4 Å². The molecule has 166 valence electrons. The minimum atomic E-state index is -0.252. The number of hydrogen-bond donors (Lipinski definition) is 0. The summed E-state index contributed by atoms with van der Waals surface area (Å²) in [5.74, 6) is 2.44. The van der Waals surface area contributed by atoms with Gasteiger partial charge in [-0.1, -0.05) is 12.1 Å². The monoisotopic (exact) mass is 428 g/mol. The first-order valence-electron chi connectivity index (χ1n) is 10.4. The zero-order chi connectivity index (χ0) is 21.8. The van der Waals surface area contributed by atoms with E-state index >= 15 is 0 Å². The quantitative estimate of drug-likeness (QED) is 0.461. The molecule has 0 spiro atoms. The summed E-state index contributed by atoms with van der Waals surface area (Å²) in [6.07, 6.45) is 1.25. The van der Waals surface area contributed by atoms with Crippen LogP contribution in [0.25, 0.3) is 0 Å². The Hall–Kier alpha value is -2.77. The smallest absolute Gasteiger partial charge is 0.302 e. The number of fused-ring (bicyclic) bond motifs is 3. The molecular formula is C24H28O7. The highest BCUT2D eigenvalue weighted by atomic mass is 16.7. The molecule has 0 amide bonds. The number of benzene rings is 2. The molecule has 0 aromatic heterocycles. The number of carbonyl (C=O) groups excluding carboxylic acids is 1. The summed E-state index contributed by atoms with van der Waals surface area (Å²) in [4.78, 5) is 11.6. The third-order valence-electron chi connectivity index (χ3n) is 5.82. The molecule has 2 aromatic rings. The Morgan fingerprint density at radius 2 is 1.65 bits per heavy atom. The SMILES string of the molecule is COCOc1ccc([C@@H]2Oc3ccc(OCOC)cc3[C@@H]3C[C@H](OC(C)=O)C[C@@H]32)cc1. The summed E-state index contributed by atoms with van der Waals surface area (Å²) in [7, 11) is 3.18. The zero-order valence-corrected chi connectivity index (χ0v) is 18.0. The Kier molecular flexibility index (Phi) is 6.63. The lowest BCUT2D eigenvalue weighted by Gasteiger charge is -2.36. The lowest BCUT2D eigenvalue weighted by atomic mass is 9.80. The lowest BCUT2D eigenvalue weighted by molar-refractivity contribution is -0.146. The van der Waals surface area contributed by atoms with Crippen molar-refractivity contribution in [3.8, 4) is 17.2 Å². The molecule has 0 unspecified atom stereocenters. The Labute approximate surface area is 182 Å². The fraction of sp³-hybridized carbons (Fsp3) is 0.458. The Morgan fingerprint density at radius 1 is 0.968 bits per heavy atom. The highest BCUT2D eigenvalue weighted by molar-refractivity contribution is 5.66. The van der Waals surface area contributed by atoms with Gasteiger partial charge in [-0.3, -0.25) is 4.79 Å². The van der Waals surface area contributed by atoms with Crippen molar-refractivity contribution in [2.45, 2.75) is 37.9 Å². The van der Waals surface area contributed by atoms with E-state index in [1.165, 1.54) is 6.92 Å². The van der Waals surface area contributed by atoms with Crippen molar-refractivity contribution in [1.29, 1.82) is 0 Å². The van der Waals surface area contributed by atoms with E-state index in [0.29, 0.717) is 0 Å². The number of rotatable bonds is 8. The molecule has 0 saturated heterocycles. The maximum absolute atomic E-state index is 11.6. The van der Waals surface area contributed by atoms with Gasteiger partial charge in [-0.15, -0.1) is 0 Å². The van der Waals surface area contributed by atoms with Gasteiger partial charge in [0, 0.05) is 32.6 Å². The molecule has 7 heteroatoms. The van der Waals surface area contributed by atoms with Gasteiger partial charge in [0.05, 0.1) is 0 Å². The standard InChI is InChI=1S/C24H28O7/c1-15(25)30-19-11-20-21-10-18(29-14-27-3)8-9-23(21)31-24(22(20)12-19)16-4-6-17(7-5-16)28-13-26-2/h4-10,19-20,22,24H,11-14H2,1-3H3/t19-,20-,22-,24-/m0/s1. The van der Waals surface area contributed by atoms with Crippen LogP contribution < -0.4 is 14.2 Å². The summed E-state index contributed by atoms with van der Waals surface area (Å²) < 4.78 is 33.2. The van der Waals surface area contributed by atoms with Crippen molar-refractivity contribution in [2.24, 2.45) is 5.92 Å². The molecule has 4 atom stereocenters. The number of esters is 1. The Bertz CT molecular complexity index is 895. The van der Waals surface area contributed by atoms with Gasteiger partial charge in [0.25, 0.3) is 0 Å². The molecule has 1 aliphatic heterocycles. The van der Waals surface area contributed by atoms with Crippen LogP contribution in [0.4, 0.5) is 0 Å².